The van der Waals surface area contributed by atoms with Crippen LogP contribution in [0.15, 0.2) is 22.7 Å². The summed E-state index contributed by atoms with van der Waals surface area (Å²) in [5.41, 5.74) is 7.23. The third-order valence-electron chi connectivity index (χ3n) is 4.76. The van der Waals surface area contributed by atoms with Gasteiger partial charge in [-0.25, -0.2) is 4.39 Å². The molecule has 112 valence electrons. The van der Waals surface area contributed by atoms with Crippen LogP contribution in [0.1, 0.15) is 37.7 Å². The first-order valence-electron chi connectivity index (χ1n) is 7.32. The summed E-state index contributed by atoms with van der Waals surface area (Å²) < 4.78 is 14.8. The second-order valence-electron chi connectivity index (χ2n) is 6.11. The zero-order valence-electron chi connectivity index (χ0n) is 12.3. The van der Waals surface area contributed by atoms with Crippen LogP contribution in [0.2, 0.25) is 0 Å². The second-order valence-corrected chi connectivity index (χ2v) is 7.02. The first-order valence-corrected chi connectivity index (χ1v) is 8.12. The van der Waals surface area contributed by atoms with Gasteiger partial charge in [0.05, 0.1) is 0 Å². The summed E-state index contributed by atoms with van der Waals surface area (Å²) in [5.74, 6) is -0.167. The molecule has 0 saturated heterocycles. The van der Waals surface area contributed by atoms with E-state index in [-0.39, 0.29) is 17.4 Å². The van der Waals surface area contributed by atoms with Crippen molar-refractivity contribution in [1.82, 2.24) is 4.90 Å². The van der Waals surface area contributed by atoms with E-state index in [1.165, 1.54) is 25.3 Å². The summed E-state index contributed by atoms with van der Waals surface area (Å²) >= 11 is 3.29. The molecule has 0 bridgehead atoms. The lowest BCUT2D eigenvalue weighted by molar-refractivity contribution is 0.0713. The Labute approximate surface area is 129 Å². The van der Waals surface area contributed by atoms with Gasteiger partial charge in [-0.05, 0) is 51.1 Å². The van der Waals surface area contributed by atoms with Gasteiger partial charge in [0.15, 0.2) is 0 Å². The summed E-state index contributed by atoms with van der Waals surface area (Å²) in [6, 6.07) is 5.21. The van der Waals surface area contributed by atoms with E-state index in [0.717, 1.165) is 17.3 Å². The predicted octanol–water partition coefficient (Wildman–Crippen LogP) is 3.72. The van der Waals surface area contributed by atoms with E-state index in [4.69, 9.17) is 5.73 Å². The van der Waals surface area contributed by atoms with Crippen molar-refractivity contribution < 1.29 is 4.39 Å². The van der Waals surface area contributed by atoms with Gasteiger partial charge in [-0.15, -0.1) is 0 Å². The molecular weight excluding hydrogens is 319 g/mol. The number of benzene rings is 1. The molecule has 1 fully saturated rings. The number of likely N-dealkylation sites (N-methyl/N-ethyl adjacent to an activating group) is 1. The van der Waals surface area contributed by atoms with Crippen LogP contribution < -0.4 is 5.73 Å². The molecule has 0 spiro atoms. The van der Waals surface area contributed by atoms with Gasteiger partial charge in [-0.3, -0.25) is 0 Å². The van der Waals surface area contributed by atoms with Crippen molar-refractivity contribution in [3.63, 3.8) is 0 Å². The Morgan fingerprint density at radius 2 is 1.95 bits per heavy atom. The number of nitrogens with two attached hydrogens (primary N) is 1. The van der Waals surface area contributed by atoms with E-state index in [1.807, 2.05) is 12.1 Å². The van der Waals surface area contributed by atoms with E-state index in [2.05, 4.69) is 34.9 Å². The highest BCUT2D eigenvalue weighted by Crippen LogP contribution is 2.35. The van der Waals surface area contributed by atoms with Gasteiger partial charge < -0.3 is 10.6 Å². The molecule has 1 atom stereocenters. The molecule has 0 heterocycles. The van der Waals surface area contributed by atoms with E-state index in [0.29, 0.717) is 12.0 Å². The number of hydrogen-bond acceptors (Lipinski definition) is 2. The fraction of sp³-hybridized carbons (Fsp3) is 0.625. The maximum Gasteiger partial charge on any atom is 0.127 e. The number of nitrogens with zero attached hydrogens (tertiary/aromatic N) is 1. The molecule has 1 aliphatic rings. The predicted molar refractivity (Wildman–Crippen MR) is 85.3 cm³/mol. The molecule has 0 aromatic heterocycles. The molecule has 1 saturated carbocycles. The number of halogens is 2. The summed E-state index contributed by atoms with van der Waals surface area (Å²) in [4.78, 5) is 2.26. The summed E-state index contributed by atoms with van der Waals surface area (Å²) in [6.45, 7) is 0. The lowest BCUT2D eigenvalue weighted by Gasteiger charge is -2.47. The molecule has 0 amide bonds. The van der Waals surface area contributed by atoms with Crippen LogP contribution in [-0.4, -0.2) is 30.6 Å². The third kappa shape index (κ3) is 3.23. The maximum atomic E-state index is 14.0. The standard InChI is InChI=1S/C16H24BrFN2/c1-20(2)16(8-4-3-5-9-16)15(19)10-12-6-7-13(17)11-14(12)18/h6-7,11,15H,3-5,8-10,19H2,1-2H3. The zero-order valence-corrected chi connectivity index (χ0v) is 13.9. The average Bonchev–Trinajstić information content (AvgIpc) is 2.42. The fourth-order valence-electron chi connectivity index (χ4n) is 3.43. The van der Waals surface area contributed by atoms with Crippen LogP contribution in [0.5, 0.6) is 0 Å². The van der Waals surface area contributed by atoms with Crippen LogP contribution in [0.25, 0.3) is 0 Å². The highest BCUT2D eigenvalue weighted by Gasteiger charge is 2.39. The highest BCUT2D eigenvalue weighted by molar-refractivity contribution is 9.10. The van der Waals surface area contributed by atoms with Gasteiger partial charge in [0.2, 0.25) is 0 Å². The second kappa shape index (κ2) is 6.54. The molecule has 2 N–H and O–H groups in total. The lowest BCUT2D eigenvalue weighted by atomic mass is 9.74. The topological polar surface area (TPSA) is 29.3 Å². The summed E-state index contributed by atoms with van der Waals surface area (Å²) in [7, 11) is 4.20. The van der Waals surface area contributed by atoms with Crippen LogP contribution in [0.4, 0.5) is 4.39 Å². The van der Waals surface area contributed by atoms with Crippen molar-refractivity contribution in [1.29, 1.82) is 0 Å². The molecule has 2 nitrogen and oxygen atoms in total. The van der Waals surface area contributed by atoms with Gasteiger partial charge in [-0.2, -0.15) is 0 Å². The third-order valence-corrected chi connectivity index (χ3v) is 5.25. The van der Waals surface area contributed by atoms with Gasteiger partial charge in [-0.1, -0.05) is 41.3 Å². The molecular formula is C16H24BrFN2. The van der Waals surface area contributed by atoms with E-state index in [1.54, 1.807) is 0 Å². The molecule has 1 aromatic carbocycles. The van der Waals surface area contributed by atoms with Crippen molar-refractivity contribution in [2.24, 2.45) is 5.73 Å². The van der Waals surface area contributed by atoms with Crippen LogP contribution in [0, 0.1) is 5.82 Å². The first kappa shape index (κ1) is 15.9. The number of hydrogen-bond donors (Lipinski definition) is 1. The molecule has 1 aromatic rings. The largest absolute Gasteiger partial charge is 0.326 e. The Balaban J connectivity index is 2.18. The van der Waals surface area contributed by atoms with Crippen molar-refractivity contribution in [3.8, 4) is 0 Å². The molecule has 20 heavy (non-hydrogen) atoms. The maximum absolute atomic E-state index is 14.0. The minimum atomic E-state index is -0.167. The first-order chi connectivity index (χ1) is 9.45. The van der Waals surface area contributed by atoms with E-state index >= 15 is 0 Å². The molecule has 0 aliphatic heterocycles. The molecule has 1 unspecified atom stereocenters. The van der Waals surface area contributed by atoms with Gasteiger partial charge >= 0.3 is 0 Å². The lowest BCUT2D eigenvalue weighted by Crippen LogP contribution is -2.59. The zero-order chi connectivity index (χ0) is 14.8. The minimum Gasteiger partial charge on any atom is -0.326 e. The number of rotatable bonds is 4. The Kier molecular flexibility index (Phi) is 5.21. The van der Waals surface area contributed by atoms with Crippen molar-refractivity contribution in [2.45, 2.75) is 50.1 Å². The van der Waals surface area contributed by atoms with Crippen molar-refractivity contribution in [3.05, 3.63) is 34.1 Å². The Morgan fingerprint density at radius 3 is 2.50 bits per heavy atom. The van der Waals surface area contributed by atoms with Gasteiger partial charge in [0.25, 0.3) is 0 Å². The smallest absolute Gasteiger partial charge is 0.127 e. The van der Waals surface area contributed by atoms with Crippen molar-refractivity contribution >= 4 is 15.9 Å². The minimum absolute atomic E-state index is 0.0117. The van der Waals surface area contributed by atoms with Crippen LogP contribution in [0.3, 0.4) is 0 Å². The Hall–Kier alpha value is -0.450. The summed E-state index contributed by atoms with van der Waals surface area (Å²) in [6.07, 6.45) is 6.54. The Bertz CT molecular complexity index is 456. The normalized spacial score (nSPS) is 20.1. The SMILES string of the molecule is CN(C)C1(C(N)Cc2ccc(Br)cc2F)CCCCC1. The highest BCUT2D eigenvalue weighted by atomic mass is 79.9. The van der Waals surface area contributed by atoms with Crippen LogP contribution in [-0.2, 0) is 6.42 Å². The van der Waals surface area contributed by atoms with Crippen molar-refractivity contribution in [2.75, 3.05) is 14.1 Å². The molecule has 4 heteroatoms. The van der Waals surface area contributed by atoms with Gasteiger partial charge in [0.1, 0.15) is 5.82 Å². The quantitative estimate of drug-likeness (QED) is 0.903. The van der Waals surface area contributed by atoms with E-state index < -0.39 is 0 Å². The Morgan fingerprint density at radius 1 is 1.30 bits per heavy atom. The molecule has 1 aliphatic carbocycles. The van der Waals surface area contributed by atoms with Gasteiger partial charge in [0, 0.05) is 16.1 Å². The van der Waals surface area contributed by atoms with E-state index in [9.17, 15) is 4.39 Å². The molecule has 0 radical (unpaired) electrons. The summed E-state index contributed by atoms with van der Waals surface area (Å²) in [5, 5.41) is 0. The average molecular weight is 343 g/mol. The van der Waals surface area contributed by atoms with Crippen LogP contribution >= 0.6 is 15.9 Å². The molecule has 2 rings (SSSR count). The monoisotopic (exact) mass is 342 g/mol. The fourth-order valence-corrected chi connectivity index (χ4v) is 3.76.